The lowest BCUT2D eigenvalue weighted by molar-refractivity contribution is 0.626. The average molecular weight is 356 g/mol. The fraction of sp³-hybridized carbons (Fsp3) is 0.286. The zero-order valence-corrected chi connectivity index (χ0v) is 13.5. The van der Waals surface area contributed by atoms with E-state index in [9.17, 15) is 4.39 Å². The van der Waals surface area contributed by atoms with Gasteiger partial charge in [-0.3, -0.25) is 0 Å². The first-order valence-electron chi connectivity index (χ1n) is 6.32. The van der Waals surface area contributed by atoms with Gasteiger partial charge < -0.3 is 5.32 Å². The van der Waals surface area contributed by atoms with E-state index in [-0.39, 0.29) is 5.82 Å². The van der Waals surface area contributed by atoms with Gasteiger partial charge in [0.1, 0.15) is 17.5 Å². The Labute approximate surface area is 130 Å². The fourth-order valence-corrected chi connectivity index (χ4v) is 2.61. The van der Waals surface area contributed by atoms with Crippen LogP contribution in [0.4, 0.5) is 10.2 Å². The molecule has 0 saturated heterocycles. The van der Waals surface area contributed by atoms with E-state index in [4.69, 9.17) is 0 Å². The van der Waals surface area contributed by atoms with E-state index in [0.717, 1.165) is 34.0 Å². The second-order valence-electron chi connectivity index (χ2n) is 4.15. The summed E-state index contributed by atoms with van der Waals surface area (Å²) in [6.45, 7) is 2.98. The second kappa shape index (κ2) is 7.59. The van der Waals surface area contributed by atoms with E-state index in [1.807, 2.05) is 0 Å². The topological polar surface area (TPSA) is 37.8 Å². The number of benzene rings is 1. The maximum atomic E-state index is 12.8. The molecule has 6 heteroatoms. The monoisotopic (exact) mass is 355 g/mol. The van der Waals surface area contributed by atoms with Crippen molar-refractivity contribution in [3.8, 4) is 0 Å². The smallest absolute Gasteiger partial charge is 0.144 e. The summed E-state index contributed by atoms with van der Waals surface area (Å²) in [6, 6.07) is 6.43. The Balaban J connectivity index is 2.00. The third kappa shape index (κ3) is 4.45. The van der Waals surface area contributed by atoms with E-state index >= 15 is 0 Å². The SMILES string of the molecule is CCCNc1nc(CSc2ccc(F)cc2)ncc1Br. The van der Waals surface area contributed by atoms with Crippen LogP contribution in [0.15, 0.2) is 39.8 Å². The Morgan fingerprint density at radius 2 is 2.05 bits per heavy atom. The minimum atomic E-state index is -0.222. The van der Waals surface area contributed by atoms with Crippen LogP contribution in [-0.2, 0) is 5.75 Å². The highest BCUT2D eigenvalue weighted by atomic mass is 79.9. The first-order chi connectivity index (χ1) is 9.69. The van der Waals surface area contributed by atoms with E-state index in [1.54, 1.807) is 30.1 Å². The van der Waals surface area contributed by atoms with Gasteiger partial charge in [-0.05, 0) is 46.6 Å². The van der Waals surface area contributed by atoms with Crippen molar-refractivity contribution in [3.63, 3.8) is 0 Å². The third-order valence-corrected chi connectivity index (χ3v) is 4.11. The molecule has 1 N–H and O–H groups in total. The van der Waals surface area contributed by atoms with Crippen LogP contribution < -0.4 is 5.32 Å². The van der Waals surface area contributed by atoms with Crippen molar-refractivity contribution in [1.82, 2.24) is 9.97 Å². The maximum absolute atomic E-state index is 12.8. The van der Waals surface area contributed by atoms with Gasteiger partial charge in [0.05, 0.1) is 10.2 Å². The molecule has 1 aromatic heterocycles. The van der Waals surface area contributed by atoms with E-state index < -0.39 is 0 Å². The van der Waals surface area contributed by atoms with Crippen molar-refractivity contribution in [2.24, 2.45) is 0 Å². The molecule has 0 aliphatic carbocycles. The number of thioether (sulfide) groups is 1. The van der Waals surface area contributed by atoms with Crippen LogP contribution >= 0.6 is 27.7 Å². The summed E-state index contributed by atoms with van der Waals surface area (Å²) >= 11 is 5.01. The van der Waals surface area contributed by atoms with Gasteiger partial charge in [0.2, 0.25) is 0 Å². The summed E-state index contributed by atoms with van der Waals surface area (Å²) in [7, 11) is 0. The lowest BCUT2D eigenvalue weighted by Gasteiger charge is -2.08. The molecule has 20 heavy (non-hydrogen) atoms. The molecule has 2 aromatic rings. The predicted octanol–water partition coefficient (Wildman–Crippen LogP) is 4.49. The molecule has 0 unspecified atom stereocenters. The van der Waals surface area contributed by atoms with Crippen LogP contribution in [-0.4, -0.2) is 16.5 Å². The average Bonchev–Trinajstić information content (AvgIpc) is 2.46. The predicted molar refractivity (Wildman–Crippen MR) is 84.5 cm³/mol. The maximum Gasteiger partial charge on any atom is 0.144 e. The molecule has 0 amide bonds. The number of hydrogen-bond acceptors (Lipinski definition) is 4. The van der Waals surface area contributed by atoms with Gasteiger partial charge in [-0.15, -0.1) is 11.8 Å². The van der Waals surface area contributed by atoms with Crippen molar-refractivity contribution in [3.05, 3.63) is 46.6 Å². The number of nitrogens with zero attached hydrogens (tertiary/aromatic N) is 2. The first kappa shape index (κ1) is 15.3. The minimum absolute atomic E-state index is 0.222. The molecule has 0 aliphatic rings. The summed E-state index contributed by atoms with van der Waals surface area (Å²) in [5, 5.41) is 3.25. The molecule has 1 heterocycles. The van der Waals surface area contributed by atoms with Crippen molar-refractivity contribution >= 4 is 33.5 Å². The van der Waals surface area contributed by atoms with E-state index in [1.165, 1.54) is 12.1 Å². The lowest BCUT2D eigenvalue weighted by atomic mass is 10.4. The van der Waals surface area contributed by atoms with E-state index in [2.05, 4.69) is 38.1 Å². The summed E-state index contributed by atoms with van der Waals surface area (Å²) < 4.78 is 13.7. The Bertz CT molecular complexity index is 563. The minimum Gasteiger partial charge on any atom is -0.369 e. The molecule has 106 valence electrons. The van der Waals surface area contributed by atoms with Gasteiger partial charge in [-0.25, -0.2) is 14.4 Å². The third-order valence-electron chi connectivity index (χ3n) is 2.52. The fourth-order valence-electron chi connectivity index (χ4n) is 1.52. The number of anilines is 1. The zero-order valence-electron chi connectivity index (χ0n) is 11.1. The number of nitrogens with one attached hydrogen (secondary N) is 1. The highest BCUT2D eigenvalue weighted by Crippen LogP contribution is 2.24. The van der Waals surface area contributed by atoms with Gasteiger partial charge in [0.25, 0.3) is 0 Å². The van der Waals surface area contributed by atoms with Crippen LogP contribution in [0, 0.1) is 5.82 Å². The van der Waals surface area contributed by atoms with Crippen molar-refractivity contribution < 1.29 is 4.39 Å². The quantitative estimate of drug-likeness (QED) is 0.774. The molecule has 0 saturated carbocycles. The van der Waals surface area contributed by atoms with Crippen molar-refractivity contribution in [2.45, 2.75) is 24.0 Å². The molecule has 0 bridgehead atoms. The molecule has 0 spiro atoms. The lowest BCUT2D eigenvalue weighted by Crippen LogP contribution is -2.05. The second-order valence-corrected chi connectivity index (χ2v) is 6.06. The van der Waals surface area contributed by atoms with Crippen LogP contribution in [0.1, 0.15) is 19.2 Å². The molecule has 3 nitrogen and oxygen atoms in total. The summed E-state index contributed by atoms with van der Waals surface area (Å²) in [5.41, 5.74) is 0. The Kier molecular flexibility index (Phi) is 5.79. The van der Waals surface area contributed by atoms with Gasteiger partial charge in [-0.2, -0.15) is 0 Å². The Morgan fingerprint density at radius 3 is 2.75 bits per heavy atom. The number of rotatable bonds is 6. The number of aromatic nitrogens is 2. The molecule has 0 radical (unpaired) electrons. The molecule has 0 fully saturated rings. The largest absolute Gasteiger partial charge is 0.369 e. The zero-order chi connectivity index (χ0) is 14.4. The summed E-state index contributed by atoms with van der Waals surface area (Å²) in [6.07, 6.45) is 2.79. The molecule has 2 rings (SSSR count). The highest BCUT2D eigenvalue weighted by Gasteiger charge is 2.05. The number of hydrogen-bond donors (Lipinski definition) is 1. The van der Waals surface area contributed by atoms with E-state index in [0.29, 0.717) is 5.75 Å². The molecular weight excluding hydrogens is 341 g/mol. The highest BCUT2D eigenvalue weighted by molar-refractivity contribution is 9.10. The van der Waals surface area contributed by atoms with Gasteiger partial charge in [0, 0.05) is 17.6 Å². The van der Waals surface area contributed by atoms with Crippen LogP contribution in [0.2, 0.25) is 0 Å². The summed E-state index contributed by atoms with van der Waals surface area (Å²) in [4.78, 5) is 9.77. The Hall–Kier alpha value is -1.14. The van der Waals surface area contributed by atoms with Crippen LogP contribution in [0.25, 0.3) is 0 Å². The van der Waals surface area contributed by atoms with Gasteiger partial charge in [0.15, 0.2) is 0 Å². The van der Waals surface area contributed by atoms with Crippen LogP contribution in [0.3, 0.4) is 0 Å². The molecule has 0 atom stereocenters. The van der Waals surface area contributed by atoms with Crippen LogP contribution in [0.5, 0.6) is 0 Å². The van der Waals surface area contributed by atoms with Gasteiger partial charge in [-0.1, -0.05) is 6.92 Å². The summed E-state index contributed by atoms with van der Waals surface area (Å²) in [5.74, 6) is 2.00. The standard InChI is InChI=1S/C14H15BrFN3S/c1-2-7-17-14-12(15)8-18-13(19-14)9-20-11-5-3-10(16)4-6-11/h3-6,8H,2,7,9H2,1H3,(H,17,18,19). The molecule has 0 aliphatic heterocycles. The molecule has 1 aromatic carbocycles. The number of halogens is 2. The Morgan fingerprint density at radius 1 is 1.30 bits per heavy atom. The normalized spacial score (nSPS) is 10.6. The molecular formula is C14H15BrFN3S. The van der Waals surface area contributed by atoms with Gasteiger partial charge >= 0.3 is 0 Å². The first-order valence-corrected chi connectivity index (χ1v) is 8.10. The van der Waals surface area contributed by atoms with Crippen molar-refractivity contribution in [1.29, 1.82) is 0 Å². The van der Waals surface area contributed by atoms with Crippen molar-refractivity contribution in [2.75, 3.05) is 11.9 Å².